The summed E-state index contributed by atoms with van der Waals surface area (Å²) in [5.41, 5.74) is 0.886. The van der Waals surface area contributed by atoms with Crippen molar-refractivity contribution in [3.05, 3.63) is 72.8 Å². The molecule has 1 spiro atoms. The van der Waals surface area contributed by atoms with Crippen molar-refractivity contribution in [2.45, 2.75) is 50.2 Å². The molecule has 3 fully saturated rings. The normalized spacial score (nSPS) is 27.2. The number of aromatic nitrogens is 3. The van der Waals surface area contributed by atoms with Gasteiger partial charge in [0.05, 0.1) is 42.7 Å². The Labute approximate surface area is 237 Å². The summed E-state index contributed by atoms with van der Waals surface area (Å²) in [5.74, 6) is -2.98. The van der Waals surface area contributed by atoms with Gasteiger partial charge in [-0.3, -0.25) is 14.4 Å². The molecule has 1 aromatic heterocycles. The fourth-order valence-corrected chi connectivity index (χ4v) is 6.97. The van der Waals surface area contributed by atoms with Crippen molar-refractivity contribution in [3.63, 3.8) is 0 Å². The van der Waals surface area contributed by atoms with E-state index in [0.717, 1.165) is 5.52 Å². The van der Waals surface area contributed by atoms with Crippen molar-refractivity contribution in [2.24, 2.45) is 11.8 Å². The first-order valence-corrected chi connectivity index (χ1v) is 14.0. The van der Waals surface area contributed by atoms with Crippen molar-refractivity contribution in [1.29, 1.82) is 0 Å². The maximum atomic E-state index is 14.7. The summed E-state index contributed by atoms with van der Waals surface area (Å²) in [5, 5.41) is 19.1. The molecular weight excluding hydrogens is 526 g/mol. The van der Waals surface area contributed by atoms with Crippen LogP contribution in [0.4, 0.5) is 0 Å². The summed E-state index contributed by atoms with van der Waals surface area (Å²) in [7, 11) is 0. The van der Waals surface area contributed by atoms with Gasteiger partial charge in [0.2, 0.25) is 11.8 Å². The molecule has 11 heteroatoms. The molecule has 2 bridgehead atoms. The zero-order valence-corrected chi connectivity index (χ0v) is 22.8. The van der Waals surface area contributed by atoms with Gasteiger partial charge in [-0.25, -0.2) is 4.68 Å². The third-order valence-electron chi connectivity index (χ3n) is 8.61. The maximum Gasteiger partial charge on any atom is 0.312 e. The van der Waals surface area contributed by atoms with Gasteiger partial charge in [-0.05, 0) is 37.5 Å². The number of hydrogen-bond acceptors (Lipinski definition) is 8. The molecule has 3 saturated heterocycles. The Morgan fingerprint density at radius 3 is 2.73 bits per heavy atom. The van der Waals surface area contributed by atoms with Gasteiger partial charge in [0.1, 0.15) is 23.8 Å². The van der Waals surface area contributed by atoms with Crippen LogP contribution in [0.5, 0.6) is 0 Å². The lowest BCUT2D eigenvalue weighted by Gasteiger charge is -2.39. The van der Waals surface area contributed by atoms with Crippen molar-refractivity contribution in [3.8, 4) is 0 Å². The largest absolute Gasteiger partial charge is 0.466 e. The molecule has 3 aliphatic heterocycles. The number of carbonyl (C=O) groups is 3. The van der Waals surface area contributed by atoms with E-state index in [-0.39, 0.29) is 25.7 Å². The summed E-state index contributed by atoms with van der Waals surface area (Å²) < 4.78 is 13.5. The predicted molar refractivity (Wildman–Crippen MR) is 147 cm³/mol. The van der Waals surface area contributed by atoms with Crippen LogP contribution in [0, 0.1) is 11.8 Å². The fraction of sp³-hybridized carbons (Fsp3) is 0.433. The number of aliphatic hydroxyl groups is 1. The van der Waals surface area contributed by atoms with Crippen LogP contribution in [0.3, 0.4) is 0 Å². The molecular formula is C30H33N5O6. The number of carbonyl (C=O) groups excluding carboxylic acids is 3. The highest BCUT2D eigenvalue weighted by molar-refractivity contribution is 5.98. The van der Waals surface area contributed by atoms with Crippen molar-refractivity contribution < 1.29 is 29.0 Å². The van der Waals surface area contributed by atoms with E-state index in [2.05, 4.69) is 16.9 Å². The summed E-state index contributed by atoms with van der Waals surface area (Å²) in [6.07, 6.45) is 2.05. The number of ether oxygens (including phenoxy) is 2. The minimum atomic E-state index is -1.23. The Hall–Kier alpha value is -4.09. The van der Waals surface area contributed by atoms with Crippen molar-refractivity contribution >= 4 is 28.8 Å². The lowest BCUT2D eigenvalue weighted by molar-refractivity contribution is -0.156. The van der Waals surface area contributed by atoms with Gasteiger partial charge in [0.25, 0.3) is 0 Å². The molecule has 2 amide bonds. The number of benzene rings is 2. The first-order valence-electron chi connectivity index (χ1n) is 14.0. The highest BCUT2D eigenvalue weighted by Gasteiger charge is 2.75. The van der Waals surface area contributed by atoms with E-state index in [4.69, 9.17) is 9.47 Å². The number of amides is 2. The Kier molecular flexibility index (Phi) is 7.08. The molecule has 2 unspecified atom stereocenters. The predicted octanol–water partition coefficient (Wildman–Crippen LogP) is 2.07. The topological polar surface area (TPSA) is 127 Å². The van der Waals surface area contributed by atoms with E-state index < -0.39 is 54.1 Å². The van der Waals surface area contributed by atoms with Gasteiger partial charge in [0.15, 0.2) is 0 Å². The van der Waals surface area contributed by atoms with E-state index in [9.17, 15) is 19.5 Å². The first-order chi connectivity index (χ1) is 19.9. The molecule has 0 saturated carbocycles. The molecule has 41 heavy (non-hydrogen) atoms. The second-order valence-corrected chi connectivity index (χ2v) is 10.7. The molecule has 214 valence electrons. The minimum absolute atomic E-state index is 0.0600. The van der Waals surface area contributed by atoms with Gasteiger partial charge in [-0.2, -0.15) is 0 Å². The number of rotatable bonds is 10. The Bertz CT molecular complexity index is 1480. The average Bonchev–Trinajstić information content (AvgIpc) is 3.74. The molecule has 3 aromatic rings. The summed E-state index contributed by atoms with van der Waals surface area (Å²) in [6.45, 7) is 5.56. The lowest BCUT2D eigenvalue weighted by atomic mass is 9.70. The Morgan fingerprint density at radius 2 is 2.00 bits per heavy atom. The van der Waals surface area contributed by atoms with Crippen molar-refractivity contribution in [2.75, 3.05) is 19.8 Å². The molecule has 4 heterocycles. The van der Waals surface area contributed by atoms with Gasteiger partial charge in [0, 0.05) is 6.54 Å². The molecule has 3 aliphatic rings. The fourth-order valence-electron chi connectivity index (χ4n) is 6.97. The summed E-state index contributed by atoms with van der Waals surface area (Å²) >= 11 is 0. The number of nitrogens with zero attached hydrogens (tertiary/aromatic N) is 5. The molecule has 0 aliphatic carbocycles. The van der Waals surface area contributed by atoms with Gasteiger partial charge < -0.3 is 24.4 Å². The number of aliphatic hydroxyl groups excluding tert-OH is 1. The third kappa shape index (κ3) is 4.22. The summed E-state index contributed by atoms with van der Waals surface area (Å²) in [6, 6.07) is 14.6. The van der Waals surface area contributed by atoms with E-state index in [0.29, 0.717) is 23.9 Å². The SMILES string of the molecule is C=CCN(Cn1nnc2ccccc21)C(=O)C1N([C@H](CO)c2ccccc2)C(=O)[C@@H]2[C@H](C(=O)OCC)[C@@H]3CCC12O3. The molecule has 6 atom stereocenters. The Morgan fingerprint density at radius 1 is 1.24 bits per heavy atom. The zero-order valence-electron chi connectivity index (χ0n) is 22.8. The van der Waals surface area contributed by atoms with Crippen LogP contribution in [-0.4, -0.2) is 85.2 Å². The number of para-hydroxylation sites is 1. The lowest BCUT2D eigenvalue weighted by Crippen LogP contribution is -2.57. The highest BCUT2D eigenvalue weighted by Crippen LogP contribution is 2.60. The average molecular weight is 560 g/mol. The second-order valence-electron chi connectivity index (χ2n) is 10.7. The Balaban J connectivity index is 1.44. The van der Waals surface area contributed by atoms with Crippen molar-refractivity contribution in [1.82, 2.24) is 24.8 Å². The van der Waals surface area contributed by atoms with Gasteiger partial charge in [-0.1, -0.05) is 53.8 Å². The molecule has 11 nitrogen and oxygen atoms in total. The monoisotopic (exact) mass is 559 g/mol. The van der Waals surface area contributed by atoms with Crippen LogP contribution < -0.4 is 0 Å². The third-order valence-corrected chi connectivity index (χ3v) is 8.61. The summed E-state index contributed by atoms with van der Waals surface area (Å²) in [4.78, 5) is 45.2. The second kappa shape index (κ2) is 10.7. The molecule has 0 radical (unpaired) electrons. The van der Waals surface area contributed by atoms with Gasteiger partial charge >= 0.3 is 5.97 Å². The van der Waals surface area contributed by atoms with Crippen LogP contribution in [0.1, 0.15) is 31.4 Å². The van der Waals surface area contributed by atoms with E-state index in [1.807, 2.05) is 54.6 Å². The van der Waals surface area contributed by atoms with Crippen LogP contribution in [0.2, 0.25) is 0 Å². The number of hydrogen-bond donors (Lipinski definition) is 1. The minimum Gasteiger partial charge on any atom is -0.466 e. The van der Waals surface area contributed by atoms with E-state index >= 15 is 0 Å². The highest BCUT2D eigenvalue weighted by atomic mass is 16.6. The van der Waals surface area contributed by atoms with Crippen LogP contribution in [-0.2, 0) is 30.5 Å². The quantitative estimate of drug-likeness (QED) is 0.296. The smallest absolute Gasteiger partial charge is 0.312 e. The zero-order chi connectivity index (χ0) is 28.7. The number of fused-ring (bicyclic) bond motifs is 2. The number of likely N-dealkylation sites (tertiary alicyclic amines) is 1. The van der Waals surface area contributed by atoms with Crippen LogP contribution in [0.25, 0.3) is 11.0 Å². The van der Waals surface area contributed by atoms with Gasteiger partial charge in [-0.15, -0.1) is 11.7 Å². The molecule has 1 N–H and O–H groups in total. The standard InChI is InChI=1S/C30H33N5O6/c1-3-16-33(18-34-21-13-9-8-12-20(21)31-32-34)28(38)26-30-15-14-23(41-30)24(29(39)40-4-2)25(30)27(37)35(26)22(17-36)19-10-6-5-7-11-19/h3,5-13,22-26,36H,1,4,14-18H2,2H3/t22-,23+,24-,25+,26?,30?/m1/s1. The van der Waals surface area contributed by atoms with Crippen LogP contribution in [0.15, 0.2) is 67.3 Å². The maximum absolute atomic E-state index is 14.7. The number of esters is 1. The van der Waals surface area contributed by atoms with E-state index in [1.165, 1.54) is 4.90 Å². The molecule has 6 rings (SSSR count). The first kappa shape index (κ1) is 27.1. The van der Waals surface area contributed by atoms with E-state index in [1.54, 1.807) is 22.6 Å². The molecule has 2 aromatic carbocycles. The van der Waals surface area contributed by atoms with Crippen LogP contribution >= 0.6 is 0 Å².